The van der Waals surface area contributed by atoms with Crippen LogP contribution in [0.5, 0.6) is 5.75 Å². The van der Waals surface area contributed by atoms with Crippen molar-refractivity contribution in [2.75, 3.05) is 13.2 Å². The van der Waals surface area contributed by atoms with E-state index in [0.717, 1.165) is 16.3 Å². The van der Waals surface area contributed by atoms with Crippen molar-refractivity contribution < 1.29 is 14.3 Å². The molecule has 6 nitrogen and oxygen atoms in total. The van der Waals surface area contributed by atoms with Crippen LogP contribution in [0, 0.1) is 0 Å². The van der Waals surface area contributed by atoms with Crippen molar-refractivity contribution in [3.8, 4) is 5.75 Å². The van der Waals surface area contributed by atoms with E-state index >= 15 is 0 Å². The number of hydrogen-bond acceptors (Lipinski definition) is 4. The van der Waals surface area contributed by atoms with Gasteiger partial charge in [0.2, 0.25) is 5.91 Å². The minimum Gasteiger partial charge on any atom is -0.494 e. The van der Waals surface area contributed by atoms with Crippen LogP contribution in [-0.2, 0) is 4.79 Å². The lowest BCUT2D eigenvalue weighted by Gasteiger charge is -2.05. The summed E-state index contributed by atoms with van der Waals surface area (Å²) in [5, 5.41) is 7.16. The van der Waals surface area contributed by atoms with Crippen molar-refractivity contribution in [3.63, 3.8) is 0 Å². The maximum Gasteiger partial charge on any atom is 0.344 e. The van der Waals surface area contributed by atoms with Gasteiger partial charge in [-0.25, -0.2) is 9.80 Å². The van der Waals surface area contributed by atoms with Crippen molar-refractivity contribution in [1.82, 2.24) is 10.3 Å². The van der Waals surface area contributed by atoms with Gasteiger partial charge in [0.15, 0.2) is 0 Å². The van der Waals surface area contributed by atoms with Gasteiger partial charge in [0.1, 0.15) is 12.3 Å². The molecule has 1 fully saturated rings. The van der Waals surface area contributed by atoms with E-state index in [1.807, 2.05) is 31.2 Å². The first kappa shape index (κ1) is 12.1. The Labute approximate surface area is 104 Å². The first-order valence-corrected chi connectivity index (χ1v) is 5.57. The number of carbonyl (C=O) groups is 2. The van der Waals surface area contributed by atoms with Gasteiger partial charge in [-0.3, -0.25) is 10.1 Å². The average Bonchev–Trinajstić information content (AvgIpc) is 2.67. The largest absolute Gasteiger partial charge is 0.494 e. The highest BCUT2D eigenvalue weighted by Crippen LogP contribution is 2.11. The molecule has 2 rings (SSSR count). The molecular weight excluding hydrogens is 234 g/mol. The molecule has 1 aromatic carbocycles. The number of nitrogens with zero attached hydrogens (tertiary/aromatic N) is 2. The highest BCUT2D eigenvalue weighted by Gasteiger charge is 2.25. The van der Waals surface area contributed by atoms with Crippen LogP contribution in [0.1, 0.15) is 12.5 Å². The first-order valence-electron chi connectivity index (χ1n) is 5.57. The summed E-state index contributed by atoms with van der Waals surface area (Å²) in [7, 11) is 0. The van der Waals surface area contributed by atoms with Crippen LogP contribution >= 0.6 is 0 Å². The summed E-state index contributed by atoms with van der Waals surface area (Å²) in [6, 6.07) is 6.79. The molecule has 6 heteroatoms. The van der Waals surface area contributed by atoms with Crippen LogP contribution in [0.4, 0.5) is 4.79 Å². The minimum atomic E-state index is -0.498. The Balaban J connectivity index is 2.00. The molecule has 0 spiro atoms. The molecule has 0 aromatic heterocycles. The van der Waals surface area contributed by atoms with Crippen LogP contribution < -0.4 is 10.1 Å². The number of nitrogens with one attached hydrogen (secondary N) is 1. The topological polar surface area (TPSA) is 71.0 Å². The highest BCUT2D eigenvalue weighted by molar-refractivity contribution is 6.02. The molecule has 0 radical (unpaired) electrons. The van der Waals surface area contributed by atoms with Crippen molar-refractivity contribution in [3.05, 3.63) is 29.8 Å². The van der Waals surface area contributed by atoms with Crippen molar-refractivity contribution in [1.29, 1.82) is 0 Å². The fraction of sp³-hybridized carbons (Fsp3) is 0.250. The van der Waals surface area contributed by atoms with Gasteiger partial charge in [0.25, 0.3) is 0 Å². The van der Waals surface area contributed by atoms with Crippen molar-refractivity contribution >= 4 is 18.2 Å². The second-order valence-corrected chi connectivity index (χ2v) is 3.66. The van der Waals surface area contributed by atoms with Crippen molar-refractivity contribution in [2.24, 2.45) is 5.10 Å². The molecule has 0 aliphatic carbocycles. The second kappa shape index (κ2) is 5.31. The first-order chi connectivity index (χ1) is 8.69. The third-order valence-electron chi connectivity index (χ3n) is 2.31. The maximum absolute atomic E-state index is 11.2. The van der Waals surface area contributed by atoms with Gasteiger partial charge in [-0.05, 0) is 36.8 Å². The Kier molecular flexibility index (Phi) is 3.57. The van der Waals surface area contributed by atoms with Crippen LogP contribution in [0.3, 0.4) is 0 Å². The molecule has 1 aliphatic rings. The zero-order valence-corrected chi connectivity index (χ0v) is 9.92. The van der Waals surface area contributed by atoms with Crippen LogP contribution in [0.25, 0.3) is 0 Å². The quantitative estimate of drug-likeness (QED) is 0.636. The minimum absolute atomic E-state index is 0.0354. The molecule has 1 heterocycles. The molecule has 3 amide bonds. The molecule has 1 N–H and O–H groups in total. The molecule has 0 atom stereocenters. The van der Waals surface area contributed by atoms with Gasteiger partial charge >= 0.3 is 6.03 Å². The molecule has 0 saturated carbocycles. The van der Waals surface area contributed by atoms with Gasteiger partial charge in [-0.15, -0.1) is 0 Å². The highest BCUT2D eigenvalue weighted by atomic mass is 16.5. The normalized spacial score (nSPS) is 15.3. The van der Waals surface area contributed by atoms with Crippen LogP contribution in [0.15, 0.2) is 29.4 Å². The van der Waals surface area contributed by atoms with Crippen LogP contribution in [-0.4, -0.2) is 36.3 Å². The number of amides is 3. The summed E-state index contributed by atoms with van der Waals surface area (Å²) >= 11 is 0. The summed E-state index contributed by atoms with van der Waals surface area (Å²) in [6.07, 6.45) is 1.52. The maximum atomic E-state index is 11.2. The van der Waals surface area contributed by atoms with E-state index < -0.39 is 6.03 Å². The summed E-state index contributed by atoms with van der Waals surface area (Å²) in [4.78, 5) is 22.1. The Morgan fingerprint density at radius 3 is 2.67 bits per heavy atom. The lowest BCUT2D eigenvalue weighted by Crippen LogP contribution is -2.24. The van der Waals surface area contributed by atoms with Gasteiger partial charge < -0.3 is 4.74 Å². The second-order valence-electron chi connectivity index (χ2n) is 3.66. The Morgan fingerprint density at radius 1 is 1.39 bits per heavy atom. The lowest BCUT2D eigenvalue weighted by atomic mass is 10.2. The summed E-state index contributed by atoms with van der Waals surface area (Å²) in [5.74, 6) is 0.438. The standard InChI is InChI=1S/C12H13N3O3/c1-2-18-10-5-3-9(4-6-10)7-13-15-8-11(16)14-12(15)17/h3-7H,2,8H2,1H3,(H,14,16,17). The Bertz CT molecular complexity index is 482. The number of carbonyl (C=O) groups excluding carboxylic acids is 2. The number of ether oxygens (including phenoxy) is 1. The molecule has 1 aliphatic heterocycles. The van der Waals surface area contributed by atoms with Crippen molar-refractivity contribution in [2.45, 2.75) is 6.92 Å². The van der Waals surface area contributed by atoms with Gasteiger partial charge in [-0.2, -0.15) is 5.10 Å². The molecule has 18 heavy (non-hydrogen) atoms. The Morgan fingerprint density at radius 2 is 2.11 bits per heavy atom. The molecular formula is C12H13N3O3. The number of benzene rings is 1. The fourth-order valence-corrected chi connectivity index (χ4v) is 1.48. The molecule has 94 valence electrons. The number of rotatable bonds is 4. The van der Waals surface area contributed by atoms with Crippen LogP contribution in [0.2, 0.25) is 0 Å². The van der Waals surface area contributed by atoms with E-state index in [1.54, 1.807) is 0 Å². The van der Waals surface area contributed by atoms with E-state index in [1.165, 1.54) is 6.21 Å². The predicted molar refractivity (Wildman–Crippen MR) is 65.4 cm³/mol. The smallest absolute Gasteiger partial charge is 0.344 e. The van der Waals surface area contributed by atoms with E-state index in [4.69, 9.17) is 4.74 Å². The third-order valence-corrected chi connectivity index (χ3v) is 2.31. The van der Waals surface area contributed by atoms with Gasteiger partial charge in [0, 0.05) is 0 Å². The zero-order valence-electron chi connectivity index (χ0n) is 9.92. The van der Waals surface area contributed by atoms with Gasteiger partial charge in [0.05, 0.1) is 12.8 Å². The molecule has 0 unspecified atom stereocenters. The third kappa shape index (κ3) is 2.85. The predicted octanol–water partition coefficient (Wildman–Crippen LogP) is 0.971. The number of urea groups is 1. The number of hydrogen-bond donors (Lipinski definition) is 1. The zero-order chi connectivity index (χ0) is 13.0. The van der Waals surface area contributed by atoms with E-state index in [-0.39, 0.29) is 12.5 Å². The van der Waals surface area contributed by atoms with E-state index in [9.17, 15) is 9.59 Å². The fourth-order valence-electron chi connectivity index (χ4n) is 1.48. The molecule has 1 saturated heterocycles. The van der Waals surface area contributed by atoms with E-state index in [0.29, 0.717) is 6.61 Å². The van der Waals surface area contributed by atoms with Gasteiger partial charge in [-0.1, -0.05) is 0 Å². The SMILES string of the molecule is CCOc1ccc(C=NN2CC(=O)NC2=O)cc1. The Hall–Kier alpha value is -2.37. The molecule has 0 bridgehead atoms. The monoisotopic (exact) mass is 247 g/mol. The number of hydrazone groups is 1. The summed E-state index contributed by atoms with van der Waals surface area (Å²) < 4.78 is 5.31. The number of imide groups is 1. The lowest BCUT2D eigenvalue weighted by molar-refractivity contribution is -0.118. The summed E-state index contributed by atoms with van der Waals surface area (Å²) in [5.41, 5.74) is 0.825. The average molecular weight is 247 g/mol. The van der Waals surface area contributed by atoms with E-state index in [2.05, 4.69) is 10.4 Å². The molecule has 1 aromatic rings. The summed E-state index contributed by atoms with van der Waals surface area (Å²) in [6.45, 7) is 2.49.